The number of nitrogens with zero attached hydrogens (tertiary/aromatic N) is 1. The highest BCUT2D eigenvalue weighted by atomic mass is 32.2. The number of thiazole rings is 1. The summed E-state index contributed by atoms with van der Waals surface area (Å²) in [5, 5.41) is 0. The van der Waals surface area contributed by atoms with Crippen LogP contribution in [0.1, 0.15) is 103 Å². The number of carbonyl (C=O) groups is 1. The monoisotopic (exact) mass is 442 g/mol. The van der Waals surface area contributed by atoms with Crippen LogP contribution in [0.3, 0.4) is 0 Å². The maximum absolute atomic E-state index is 12.8. The standard InChI is InChI=1S/C22H38N2O3S2/c1-21(2,3)27-19(25)14-12-16-9-7-8-10-17-20(28-15-23-17)18(13-11-16)24-29(26)22(4,5)6/h15-16,18,24H,7-14H2,1-6H3/t16?,18-,29?/m0/s1. The summed E-state index contributed by atoms with van der Waals surface area (Å²) in [6, 6.07) is 0.0553. The van der Waals surface area contributed by atoms with Crippen molar-refractivity contribution in [1.29, 1.82) is 0 Å². The third-order valence-corrected chi connectivity index (χ3v) is 7.71. The summed E-state index contributed by atoms with van der Waals surface area (Å²) >= 11 is 0.540. The van der Waals surface area contributed by atoms with Crippen LogP contribution in [-0.4, -0.2) is 25.9 Å². The number of aryl methyl sites for hydroxylation is 1. The maximum atomic E-state index is 12.8. The van der Waals surface area contributed by atoms with E-state index in [1.807, 2.05) is 47.1 Å². The van der Waals surface area contributed by atoms with Crippen LogP contribution >= 0.6 is 11.3 Å². The van der Waals surface area contributed by atoms with Crippen molar-refractivity contribution in [2.24, 2.45) is 5.92 Å². The molecule has 5 nitrogen and oxygen atoms in total. The predicted octanol–water partition coefficient (Wildman–Crippen LogP) is 5.48. The number of hydrogen-bond donors (Lipinski definition) is 1. The summed E-state index contributed by atoms with van der Waals surface area (Å²) < 4.78 is 21.3. The highest BCUT2D eigenvalue weighted by molar-refractivity contribution is 7.90. The molecule has 1 aromatic rings. The molecule has 0 bridgehead atoms. The van der Waals surface area contributed by atoms with Gasteiger partial charge in [0.2, 0.25) is 0 Å². The minimum Gasteiger partial charge on any atom is -0.598 e. The molecule has 0 saturated heterocycles. The minimum atomic E-state index is -1.13. The van der Waals surface area contributed by atoms with Gasteiger partial charge in [-0.25, -0.2) is 4.98 Å². The molecule has 0 spiro atoms. The quantitative estimate of drug-likeness (QED) is 0.483. The smallest absolute Gasteiger partial charge is 0.306 e. The van der Waals surface area contributed by atoms with Crippen molar-refractivity contribution in [1.82, 2.24) is 9.71 Å². The highest BCUT2D eigenvalue weighted by Gasteiger charge is 2.32. The van der Waals surface area contributed by atoms with Gasteiger partial charge in [0.1, 0.15) is 10.3 Å². The second-order valence-corrected chi connectivity index (χ2v) is 12.9. The molecule has 1 aliphatic rings. The first-order valence-electron chi connectivity index (χ1n) is 10.8. The van der Waals surface area contributed by atoms with E-state index in [4.69, 9.17) is 4.74 Å². The molecule has 166 valence electrons. The van der Waals surface area contributed by atoms with Crippen LogP contribution in [-0.2, 0) is 27.3 Å². The number of aromatic nitrogens is 1. The lowest BCUT2D eigenvalue weighted by molar-refractivity contribution is -0.155. The van der Waals surface area contributed by atoms with Gasteiger partial charge in [0.15, 0.2) is 0 Å². The van der Waals surface area contributed by atoms with Crippen molar-refractivity contribution >= 4 is 28.7 Å². The Bertz CT molecular complexity index is 649. The van der Waals surface area contributed by atoms with Gasteiger partial charge in [0.05, 0.1) is 17.2 Å². The molecule has 1 aliphatic carbocycles. The lowest BCUT2D eigenvalue weighted by Crippen LogP contribution is -2.41. The van der Waals surface area contributed by atoms with Gasteiger partial charge in [-0.3, -0.25) is 4.79 Å². The van der Waals surface area contributed by atoms with Crippen LogP contribution in [0.25, 0.3) is 0 Å². The van der Waals surface area contributed by atoms with E-state index in [0.29, 0.717) is 12.3 Å². The van der Waals surface area contributed by atoms with Crippen molar-refractivity contribution in [2.75, 3.05) is 0 Å². The molecular formula is C22H38N2O3S2. The summed E-state index contributed by atoms with van der Waals surface area (Å²) in [6.07, 6.45) is 7.61. The van der Waals surface area contributed by atoms with Gasteiger partial charge in [-0.1, -0.05) is 12.8 Å². The van der Waals surface area contributed by atoms with E-state index in [0.717, 1.165) is 50.6 Å². The molecule has 0 radical (unpaired) electrons. The van der Waals surface area contributed by atoms with Crippen LogP contribution in [0.5, 0.6) is 0 Å². The molecule has 0 amide bonds. The van der Waals surface area contributed by atoms with Crippen molar-refractivity contribution in [2.45, 2.75) is 109 Å². The molecule has 0 aromatic carbocycles. The molecule has 3 atom stereocenters. The largest absolute Gasteiger partial charge is 0.598 e. The molecule has 1 heterocycles. The predicted molar refractivity (Wildman–Crippen MR) is 121 cm³/mol. The van der Waals surface area contributed by atoms with Gasteiger partial charge in [-0.2, -0.15) is 0 Å². The molecule has 0 fully saturated rings. The van der Waals surface area contributed by atoms with E-state index in [-0.39, 0.29) is 16.8 Å². The first-order valence-corrected chi connectivity index (χ1v) is 12.8. The van der Waals surface area contributed by atoms with Crippen LogP contribution in [0.15, 0.2) is 5.51 Å². The molecule has 0 saturated carbocycles. The zero-order valence-corrected chi connectivity index (χ0v) is 20.5. The van der Waals surface area contributed by atoms with Crippen LogP contribution in [0.2, 0.25) is 0 Å². The minimum absolute atomic E-state index is 0.0553. The molecule has 7 heteroatoms. The number of rotatable bonds is 5. The van der Waals surface area contributed by atoms with E-state index in [1.54, 1.807) is 11.3 Å². The number of carbonyl (C=O) groups excluding carboxylic acids is 1. The average molecular weight is 443 g/mol. The van der Waals surface area contributed by atoms with E-state index in [9.17, 15) is 9.35 Å². The summed E-state index contributed by atoms with van der Waals surface area (Å²) in [6.45, 7) is 11.7. The Kier molecular flexibility index (Phi) is 9.01. The van der Waals surface area contributed by atoms with E-state index in [2.05, 4.69) is 9.71 Å². The van der Waals surface area contributed by atoms with Crippen LogP contribution < -0.4 is 4.72 Å². The van der Waals surface area contributed by atoms with Gasteiger partial charge in [0.25, 0.3) is 0 Å². The second kappa shape index (κ2) is 10.6. The molecule has 1 N–H and O–H groups in total. The Hall–Kier alpha value is -0.630. The van der Waals surface area contributed by atoms with Crippen molar-refractivity contribution < 1.29 is 14.1 Å². The van der Waals surface area contributed by atoms with Gasteiger partial charge >= 0.3 is 5.97 Å². The molecule has 2 rings (SSSR count). The van der Waals surface area contributed by atoms with E-state index >= 15 is 0 Å². The zero-order valence-electron chi connectivity index (χ0n) is 18.9. The third kappa shape index (κ3) is 8.56. The Balaban J connectivity index is 2.04. The number of esters is 1. The average Bonchev–Trinajstić information content (AvgIpc) is 3.04. The number of hydrogen-bond acceptors (Lipinski definition) is 6. The van der Waals surface area contributed by atoms with Crippen LogP contribution in [0.4, 0.5) is 0 Å². The van der Waals surface area contributed by atoms with Crippen molar-refractivity contribution in [3.8, 4) is 0 Å². The summed E-state index contributed by atoms with van der Waals surface area (Å²) in [4.78, 5) is 18.0. The first kappa shape index (κ1) is 24.6. The number of fused-ring (bicyclic) bond motifs is 1. The lowest BCUT2D eigenvalue weighted by atomic mass is 9.88. The molecule has 29 heavy (non-hydrogen) atoms. The third-order valence-electron chi connectivity index (χ3n) is 5.11. The number of ether oxygens (including phenoxy) is 1. The topological polar surface area (TPSA) is 74.3 Å². The summed E-state index contributed by atoms with van der Waals surface area (Å²) in [7, 11) is 0. The van der Waals surface area contributed by atoms with Gasteiger partial charge < -0.3 is 9.29 Å². The fourth-order valence-electron chi connectivity index (χ4n) is 3.57. The van der Waals surface area contributed by atoms with Gasteiger partial charge in [-0.05, 0) is 79.6 Å². The fourth-order valence-corrected chi connectivity index (χ4v) is 5.42. The van der Waals surface area contributed by atoms with E-state index < -0.39 is 17.0 Å². The normalized spacial score (nSPS) is 22.6. The Morgan fingerprint density at radius 3 is 2.62 bits per heavy atom. The zero-order chi connectivity index (χ0) is 21.7. The van der Waals surface area contributed by atoms with Crippen LogP contribution in [0, 0.1) is 5.92 Å². The van der Waals surface area contributed by atoms with E-state index in [1.165, 1.54) is 4.88 Å². The Morgan fingerprint density at radius 2 is 1.97 bits per heavy atom. The summed E-state index contributed by atoms with van der Waals surface area (Å²) in [5.74, 6) is 0.382. The number of nitrogens with one attached hydrogen (secondary N) is 1. The highest BCUT2D eigenvalue weighted by Crippen LogP contribution is 2.34. The van der Waals surface area contributed by atoms with Gasteiger partial charge in [0, 0.05) is 22.7 Å². The van der Waals surface area contributed by atoms with Gasteiger partial charge in [-0.15, -0.1) is 16.1 Å². The fraction of sp³-hybridized carbons (Fsp3) is 0.818. The van der Waals surface area contributed by atoms with Crippen molar-refractivity contribution in [3.05, 3.63) is 16.1 Å². The second-order valence-electron chi connectivity index (χ2n) is 10.0. The SMILES string of the molecule is CC(C)(C)OC(=O)CCC1CCCCc2ncsc2[C@@H](N[S+]([O-])C(C)(C)C)CC1. The lowest BCUT2D eigenvalue weighted by Gasteiger charge is -2.29. The molecule has 0 aliphatic heterocycles. The Morgan fingerprint density at radius 1 is 1.24 bits per heavy atom. The van der Waals surface area contributed by atoms with Crippen molar-refractivity contribution in [3.63, 3.8) is 0 Å². The first-order chi connectivity index (χ1) is 13.5. The summed E-state index contributed by atoms with van der Waals surface area (Å²) in [5.41, 5.74) is 2.64. The molecular weight excluding hydrogens is 404 g/mol. The molecule has 2 unspecified atom stereocenters. The molecule has 1 aromatic heterocycles. The Labute approximate surface area is 183 Å². The maximum Gasteiger partial charge on any atom is 0.306 e.